The molecule has 2 aromatic rings. The molecule has 4 amide bonds. The summed E-state index contributed by atoms with van der Waals surface area (Å²) in [5.41, 5.74) is -0.895. The summed E-state index contributed by atoms with van der Waals surface area (Å²) in [6.45, 7) is 1.69. The molecule has 0 aliphatic heterocycles. The number of anilines is 1. The van der Waals surface area contributed by atoms with Crippen LogP contribution in [0.2, 0.25) is 0 Å². The van der Waals surface area contributed by atoms with Crippen molar-refractivity contribution in [3.63, 3.8) is 0 Å². The Kier molecular flexibility index (Phi) is 8.96. The van der Waals surface area contributed by atoms with Crippen molar-refractivity contribution >= 4 is 46.7 Å². The number of rotatable bonds is 12. The number of hydrogen-bond donors (Lipinski definition) is 4. The Balaban J connectivity index is 1.26. The first kappa shape index (κ1) is 31.4. The van der Waals surface area contributed by atoms with Gasteiger partial charge in [-0.05, 0) is 75.8 Å². The molecule has 4 aliphatic carbocycles. The number of hydrogen-bond acceptors (Lipinski definition) is 7. The summed E-state index contributed by atoms with van der Waals surface area (Å²) in [5.74, 6) is -2.22. The van der Waals surface area contributed by atoms with Crippen molar-refractivity contribution < 1.29 is 24.0 Å². The van der Waals surface area contributed by atoms with Crippen LogP contribution in [-0.4, -0.2) is 66.5 Å². The van der Waals surface area contributed by atoms with Crippen LogP contribution in [0.25, 0.3) is 0 Å². The van der Waals surface area contributed by atoms with Gasteiger partial charge in [0, 0.05) is 36.6 Å². The summed E-state index contributed by atoms with van der Waals surface area (Å²) in [4.78, 5) is 80.5. The summed E-state index contributed by atoms with van der Waals surface area (Å²) in [6.07, 6.45) is 9.31. The van der Waals surface area contributed by atoms with Crippen LogP contribution < -0.4 is 26.8 Å². The Hall–Kier alpha value is -4.00. The molecule has 0 radical (unpaired) electrons. The summed E-state index contributed by atoms with van der Waals surface area (Å²) in [6, 6.07) is 1.67. The van der Waals surface area contributed by atoms with E-state index in [2.05, 4.69) is 26.3 Å². The van der Waals surface area contributed by atoms with E-state index < -0.39 is 35.1 Å². The van der Waals surface area contributed by atoms with Gasteiger partial charge in [-0.25, -0.2) is 4.98 Å². The first-order chi connectivity index (χ1) is 20.9. The Morgan fingerprint density at radius 1 is 1.14 bits per heavy atom. The van der Waals surface area contributed by atoms with Gasteiger partial charge in [-0.15, -0.1) is 11.6 Å². The van der Waals surface area contributed by atoms with Crippen LogP contribution in [0.5, 0.6) is 0 Å². The smallest absolute Gasteiger partial charge is 0.287 e. The average Bonchev–Trinajstić information content (AvgIpc) is 3.37. The maximum atomic E-state index is 13.3. The number of carbonyl (C=O) groups excluding carboxylic acids is 5. The molecule has 6 rings (SSSR count). The number of aryl methyl sites for hydroxylation is 1. The predicted molar refractivity (Wildman–Crippen MR) is 161 cm³/mol. The van der Waals surface area contributed by atoms with Crippen molar-refractivity contribution in [2.75, 3.05) is 11.9 Å². The zero-order valence-corrected chi connectivity index (χ0v) is 25.6. The van der Waals surface area contributed by atoms with Crippen LogP contribution in [-0.2, 0) is 32.8 Å². The third-order valence-electron chi connectivity index (χ3n) is 8.91. The number of nitrogens with one attached hydrogen (secondary N) is 4. The minimum atomic E-state index is -1.26. The number of pyridine rings is 1. The van der Waals surface area contributed by atoms with Crippen molar-refractivity contribution in [2.45, 2.75) is 81.3 Å². The minimum Gasteiger partial charge on any atom is -0.350 e. The average molecular weight is 628 g/mol. The molecule has 2 aromatic heterocycles. The quantitative estimate of drug-likeness (QED) is 0.202. The fraction of sp³-hybridized carbons (Fsp3) is 0.567. The lowest BCUT2D eigenvalue weighted by Crippen LogP contribution is -2.64. The van der Waals surface area contributed by atoms with Crippen LogP contribution in [0.4, 0.5) is 5.69 Å². The van der Waals surface area contributed by atoms with Crippen molar-refractivity contribution in [1.29, 1.82) is 0 Å². The number of carbonyl (C=O) groups is 5. The number of amides is 4. The van der Waals surface area contributed by atoms with Gasteiger partial charge in [0.05, 0.1) is 12.5 Å². The monoisotopic (exact) mass is 627 g/mol. The van der Waals surface area contributed by atoms with Gasteiger partial charge < -0.3 is 30.4 Å². The van der Waals surface area contributed by atoms with Crippen molar-refractivity contribution in [3.8, 4) is 0 Å². The van der Waals surface area contributed by atoms with Gasteiger partial charge in [-0.2, -0.15) is 0 Å². The van der Waals surface area contributed by atoms with Gasteiger partial charge in [0.15, 0.2) is 0 Å². The Bertz CT molecular complexity index is 1520. The molecule has 4 bridgehead atoms. The molecule has 0 spiro atoms. The highest BCUT2D eigenvalue weighted by Crippen LogP contribution is 2.59. The molecule has 3 atom stereocenters. The Morgan fingerprint density at radius 2 is 1.86 bits per heavy atom. The van der Waals surface area contributed by atoms with Crippen LogP contribution in [0.1, 0.15) is 68.8 Å². The summed E-state index contributed by atoms with van der Waals surface area (Å²) in [5, 5.41) is 10.7. The van der Waals surface area contributed by atoms with E-state index in [4.69, 9.17) is 11.6 Å². The maximum absolute atomic E-state index is 13.3. The largest absolute Gasteiger partial charge is 0.350 e. The van der Waals surface area contributed by atoms with E-state index in [1.165, 1.54) is 40.0 Å². The normalized spacial score (nSPS) is 25.6. The highest BCUT2D eigenvalue weighted by molar-refractivity contribution is 6.36. The van der Waals surface area contributed by atoms with Crippen LogP contribution >= 0.6 is 11.6 Å². The molecule has 0 saturated heterocycles. The first-order valence-electron chi connectivity index (χ1n) is 15.0. The number of imidazole rings is 1. The molecule has 2 unspecified atom stereocenters. The van der Waals surface area contributed by atoms with E-state index in [0.717, 1.165) is 38.5 Å². The number of Topliss-reactive ketones (excluding diaryl/α,β-unsaturated/α-hetero) is 1. The standard InChI is InChI=1S/C30H38ClN7O6/c1-3-33-27(43)23(39)7-6-20(34-26(42)22-14-32-17-37(22)2)25(41)35-21-5-4-8-38(28(21)44)15-24(40)36-30-12-18-9-19(13-30)11-29(31,10-18)16-30/h4-5,8,14,17-20H,3,6-7,9-13,15-16H2,1-2H3,(H,33,43)(H,34,42)(H,35,41)(H,36,40)/t18?,19?,20-,29?,30?/m0/s1. The van der Waals surface area contributed by atoms with Crippen molar-refractivity contribution in [3.05, 3.63) is 46.9 Å². The Morgan fingerprint density at radius 3 is 2.50 bits per heavy atom. The number of halogens is 1. The van der Waals surface area contributed by atoms with E-state index >= 15 is 0 Å². The van der Waals surface area contributed by atoms with Crippen molar-refractivity contribution in [2.24, 2.45) is 18.9 Å². The van der Waals surface area contributed by atoms with Gasteiger partial charge in [-0.3, -0.25) is 28.8 Å². The zero-order valence-electron chi connectivity index (χ0n) is 24.9. The van der Waals surface area contributed by atoms with Gasteiger partial charge in [0.2, 0.25) is 17.6 Å². The van der Waals surface area contributed by atoms with Crippen LogP contribution in [0.15, 0.2) is 35.6 Å². The van der Waals surface area contributed by atoms with E-state index in [-0.39, 0.29) is 53.6 Å². The Labute approximate surface area is 259 Å². The molecule has 13 nitrogen and oxygen atoms in total. The molecule has 4 fully saturated rings. The number of ketones is 1. The highest BCUT2D eigenvalue weighted by Gasteiger charge is 2.57. The van der Waals surface area contributed by atoms with Gasteiger partial charge in [0.1, 0.15) is 24.0 Å². The third kappa shape index (κ3) is 6.87. The molecule has 2 heterocycles. The number of nitrogens with zero attached hydrogens (tertiary/aromatic N) is 3. The van der Waals surface area contributed by atoms with Gasteiger partial charge in [0.25, 0.3) is 17.4 Å². The van der Waals surface area contributed by atoms with E-state index in [1.807, 2.05) is 0 Å². The summed E-state index contributed by atoms with van der Waals surface area (Å²) >= 11 is 6.91. The molecular weight excluding hydrogens is 590 g/mol. The second kappa shape index (κ2) is 12.5. The number of aromatic nitrogens is 3. The molecule has 4 aliphatic rings. The summed E-state index contributed by atoms with van der Waals surface area (Å²) in [7, 11) is 1.61. The maximum Gasteiger partial charge on any atom is 0.287 e. The second-order valence-corrected chi connectivity index (χ2v) is 13.3. The number of alkyl halides is 1. The molecule has 14 heteroatoms. The van der Waals surface area contributed by atoms with Crippen LogP contribution in [0.3, 0.4) is 0 Å². The highest BCUT2D eigenvalue weighted by atomic mass is 35.5. The second-order valence-electron chi connectivity index (χ2n) is 12.5. The lowest BCUT2D eigenvalue weighted by Gasteiger charge is -2.60. The molecule has 4 saturated carbocycles. The topological polar surface area (TPSA) is 173 Å². The first-order valence-corrected chi connectivity index (χ1v) is 15.4. The fourth-order valence-corrected chi connectivity index (χ4v) is 8.18. The summed E-state index contributed by atoms with van der Waals surface area (Å²) < 4.78 is 2.67. The van der Waals surface area contributed by atoms with Crippen molar-refractivity contribution in [1.82, 2.24) is 30.1 Å². The molecule has 236 valence electrons. The lowest BCUT2D eigenvalue weighted by atomic mass is 9.52. The SMILES string of the molecule is CCNC(=O)C(=O)CC[C@H](NC(=O)c1cncn1C)C(=O)Nc1cccn(CC(=O)NC23CC4CC(CC(Cl)(C4)C2)C3)c1=O. The molecular formula is C30H38ClN7O6. The number of likely N-dealkylation sites (N-methyl/N-ethyl adjacent to an activating group) is 1. The minimum absolute atomic E-state index is 0.102. The fourth-order valence-electron chi connectivity index (χ4n) is 7.49. The van der Waals surface area contributed by atoms with Gasteiger partial charge in [-0.1, -0.05) is 0 Å². The predicted octanol–water partition coefficient (Wildman–Crippen LogP) is 1.25. The zero-order chi connectivity index (χ0) is 31.6. The van der Waals surface area contributed by atoms with E-state index in [0.29, 0.717) is 11.8 Å². The van der Waals surface area contributed by atoms with Crippen LogP contribution in [0, 0.1) is 11.8 Å². The van der Waals surface area contributed by atoms with E-state index in [9.17, 15) is 28.8 Å². The third-order valence-corrected chi connectivity index (χ3v) is 9.35. The molecule has 44 heavy (non-hydrogen) atoms. The lowest BCUT2D eigenvalue weighted by molar-refractivity contribution is -0.138. The van der Waals surface area contributed by atoms with E-state index in [1.54, 1.807) is 14.0 Å². The van der Waals surface area contributed by atoms with Gasteiger partial charge >= 0.3 is 0 Å². The molecule has 0 aromatic carbocycles. The molecule has 4 N–H and O–H groups in total.